The number of nitrogens with one attached hydrogen (secondary N) is 2. The Bertz CT molecular complexity index is 1560. The second-order valence-corrected chi connectivity index (χ2v) is 16.1. The van der Waals surface area contributed by atoms with Crippen molar-refractivity contribution in [3.05, 3.63) is 71.8 Å². The zero-order valence-corrected chi connectivity index (χ0v) is 31.0. The molecule has 0 bridgehead atoms. The van der Waals surface area contributed by atoms with Crippen LogP contribution in [0.2, 0.25) is 0 Å². The van der Waals surface area contributed by atoms with Crippen molar-refractivity contribution >= 4 is 37.2 Å². The lowest BCUT2D eigenvalue weighted by atomic mass is 10.1. The Hall–Kier alpha value is -4.26. The number of quaternary nitrogens is 1. The topological polar surface area (TPSA) is 199 Å². The first-order valence-corrected chi connectivity index (χ1v) is 20.0. The number of benzene rings is 2. The van der Waals surface area contributed by atoms with E-state index in [4.69, 9.17) is 9.47 Å². The number of carbonyl (C=O) groups excluding carboxylic acids is 5. The summed E-state index contributed by atoms with van der Waals surface area (Å²) in [5.41, 5.74) is 5.37. The molecule has 0 aliphatic carbocycles. The van der Waals surface area contributed by atoms with Gasteiger partial charge < -0.3 is 35.6 Å². The Kier molecular flexibility index (Phi) is 15.2. The Balaban J connectivity index is 1.48. The largest absolute Gasteiger partial charge is 0.467 e. The van der Waals surface area contributed by atoms with Crippen LogP contribution in [0.1, 0.15) is 63.0 Å². The van der Waals surface area contributed by atoms with Crippen LogP contribution in [0.5, 0.6) is 0 Å². The number of likely N-dealkylation sites (tertiary alicyclic amines) is 2. The van der Waals surface area contributed by atoms with Crippen LogP contribution in [0.25, 0.3) is 0 Å². The molecule has 284 valence electrons. The first-order valence-electron chi connectivity index (χ1n) is 18.1. The van der Waals surface area contributed by atoms with Gasteiger partial charge in [0.15, 0.2) is 0 Å². The second kappa shape index (κ2) is 19.5. The molecule has 0 radical (unpaired) electrons. The molecule has 2 fully saturated rings. The maximum absolute atomic E-state index is 14.2. The highest BCUT2D eigenvalue weighted by Crippen LogP contribution is 2.48. The summed E-state index contributed by atoms with van der Waals surface area (Å²) >= 11 is 0. The van der Waals surface area contributed by atoms with Gasteiger partial charge in [-0.15, -0.1) is 0 Å². The summed E-state index contributed by atoms with van der Waals surface area (Å²) in [4.78, 5) is 80.8. The summed E-state index contributed by atoms with van der Waals surface area (Å²) in [7, 11) is -3.04. The third-order valence-electron chi connectivity index (χ3n) is 9.65. The molecule has 0 aromatic heterocycles. The number of ether oxygens (including phenoxy) is 2. The molecule has 4 amide bonds. The van der Waals surface area contributed by atoms with Gasteiger partial charge in [0.1, 0.15) is 30.5 Å². The number of unbranched alkanes of at least 4 members (excludes halogenated alkanes) is 1. The third kappa shape index (κ3) is 11.1. The number of carbonyl (C=O) groups is 5. The van der Waals surface area contributed by atoms with Crippen molar-refractivity contribution in [2.45, 2.75) is 88.8 Å². The number of methoxy groups -OCH3 is 1. The predicted octanol–water partition coefficient (Wildman–Crippen LogP) is 2.44. The van der Waals surface area contributed by atoms with Crippen molar-refractivity contribution in [3.63, 3.8) is 0 Å². The summed E-state index contributed by atoms with van der Waals surface area (Å²) in [5, 5.41) is 5.58. The zero-order valence-electron chi connectivity index (χ0n) is 30.1. The number of rotatable bonds is 17. The first-order chi connectivity index (χ1) is 24.9. The number of hydrogen-bond acceptors (Lipinski definition) is 8. The molecule has 2 heterocycles. The van der Waals surface area contributed by atoms with E-state index in [1.807, 2.05) is 36.4 Å². The van der Waals surface area contributed by atoms with Gasteiger partial charge in [0.05, 0.1) is 13.7 Å². The molecule has 2 aliphatic rings. The zero-order chi connectivity index (χ0) is 37.7. The number of hydrogen-bond donors (Lipinski definition) is 4. The molecule has 4 rings (SSSR count). The van der Waals surface area contributed by atoms with Crippen LogP contribution < -0.4 is 16.4 Å². The minimum Gasteiger partial charge on any atom is -0.467 e. The summed E-state index contributed by atoms with van der Waals surface area (Å²) in [5.74, 6) is -4.34. The second-order valence-electron chi connectivity index (χ2n) is 13.6. The van der Waals surface area contributed by atoms with E-state index in [1.54, 1.807) is 31.2 Å². The molecule has 1 unspecified atom stereocenters. The SMILES string of the molecule is COC(=O)[C@@H]1CCCN1C(=O)[C@H](C)CP(=O)(O)[C@H](Cc1ccccc1)NC(=O)[C@H](CCCC[NH3+])NC(=O)[C@@H]1CCCN1C(=O)OCc1ccccc1. The van der Waals surface area contributed by atoms with Crippen molar-refractivity contribution in [2.24, 2.45) is 5.92 Å². The van der Waals surface area contributed by atoms with Crippen molar-refractivity contribution in [1.29, 1.82) is 0 Å². The molecule has 15 heteroatoms. The van der Waals surface area contributed by atoms with Gasteiger partial charge in [0, 0.05) is 31.6 Å². The van der Waals surface area contributed by atoms with Crippen LogP contribution in [-0.2, 0) is 46.2 Å². The third-order valence-corrected chi connectivity index (χ3v) is 12.0. The van der Waals surface area contributed by atoms with E-state index in [9.17, 15) is 33.4 Å². The highest BCUT2D eigenvalue weighted by Gasteiger charge is 2.42. The highest BCUT2D eigenvalue weighted by molar-refractivity contribution is 7.58. The number of esters is 1. The van der Waals surface area contributed by atoms with Gasteiger partial charge in [-0.05, 0) is 56.1 Å². The van der Waals surface area contributed by atoms with Crippen LogP contribution in [0.15, 0.2) is 60.7 Å². The van der Waals surface area contributed by atoms with Gasteiger partial charge in [-0.2, -0.15) is 0 Å². The van der Waals surface area contributed by atoms with Gasteiger partial charge >= 0.3 is 12.1 Å². The fourth-order valence-electron chi connectivity index (χ4n) is 6.81. The Morgan fingerprint density at radius 3 is 2.15 bits per heavy atom. The molecular formula is C37H53N5O9P+. The number of nitrogens with zero attached hydrogens (tertiary/aromatic N) is 2. The maximum atomic E-state index is 14.2. The summed E-state index contributed by atoms with van der Waals surface area (Å²) in [6.45, 7) is 2.87. The molecule has 6 atom stereocenters. The summed E-state index contributed by atoms with van der Waals surface area (Å²) in [6.07, 6.45) is 2.45. The van der Waals surface area contributed by atoms with E-state index in [0.717, 1.165) is 5.56 Å². The van der Waals surface area contributed by atoms with Gasteiger partial charge in [0.25, 0.3) is 0 Å². The van der Waals surface area contributed by atoms with E-state index < -0.39 is 73.1 Å². The average molecular weight is 743 g/mol. The highest BCUT2D eigenvalue weighted by atomic mass is 31.2. The Labute approximate surface area is 305 Å². The van der Waals surface area contributed by atoms with Gasteiger partial charge in [-0.1, -0.05) is 67.6 Å². The van der Waals surface area contributed by atoms with Crippen molar-refractivity contribution < 1.29 is 48.6 Å². The van der Waals surface area contributed by atoms with Gasteiger partial charge in [-0.3, -0.25) is 23.8 Å². The first kappa shape index (κ1) is 40.5. The predicted molar refractivity (Wildman–Crippen MR) is 193 cm³/mol. The summed E-state index contributed by atoms with van der Waals surface area (Å²) in [6, 6.07) is 15.5. The molecule has 6 N–H and O–H groups in total. The van der Waals surface area contributed by atoms with Crippen molar-refractivity contribution in [3.8, 4) is 0 Å². The molecule has 0 spiro atoms. The lowest BCUT2D eigenvalue weighted by molar-refractivity contribution is -0.368. The normalized spacial score (nSPS) is 19.9. The molecule has 2 aromatic rings. The molecule has 52 heavy (non-hydrogen) atoms. The fraction of sp³-hybridized carbons (Fsp3) is 0.541. The van der Waals surface area contributed by atoms with Gasteiger partial charge in [0.2, 0.25) is 25.1 Å². The standard InChI is InChI=1S/C37H52N5O9P/c1-26(35(45)41-21-12-19-31(41)36(46)50-2)25-52(48,49)32(23-27-13-5-3-6-14-27)40-33(43)29(17-9-10-20-38)39-34(44)30-18-11-22-42(30)37(47)51-24-28-15-7-4-8-16-28/h3-8,13-16,26,29-32H,9-12,17-25,38H2,1-2H3,(H,39,44)(H,40,43)(H,48,49)/p+1/t26-,29+,30+,31+,32-/m1/s1. The molecule has 0 saturated carbocycles. The van der Waals surface area contributed by atoms with Crippen LogP contribution in [0, 0.1) is 5.92 Å². The average Bonchev–Trinajstić information content (AvgIpc) is 3.84. The molecule has 2 aromatic carbocycles. The smallest absolute Gasteiger partial charge is 0.410 e. The van der Waals surface area contributed by atoms with E-state index in [-0.39, 0.29) is 19.4 Å². The minimum atomic E-state index is -4.29. The van der Waals surface area contributed by atoms with Crippen LogP contribution in [0.3, 0.4) is 0 Å². The molecule has 14 nitrogen and oxygen atoms in total. The Morgan fingerprint density at radius 1 is 0.904 bits per heavy atom. The molecule has 2 saturated heterocycles. The molecular weight excluding hydrogens is 689 g/mol. The maximum Gasteiger partial charge on any atom is 0.410 e. The molecule has 2 aliphatic heterocycles. The van der Waals surface area contributed by atoms with Crippen LogP contribution in [-0.4, -0.2) is 101 Å². The lowest BCUT2D eigenvalue weighted by Crippen LogP contribution is -2.55. The monoisotopic (exact) mass is 742 g/mol. The van der Waals surface area contributed by atoms with E-state index in [2.05, 4.69) is 16.4 Å². The lowest BCUT2D eigenvalue weighted by Gasteiger charge is -2.31. The van der Waals surface area contributed by atoms with Crippen LogP contribution in [0.4, 0.5) is 4.79 Å². The quantitative estimate of drug-likeness (QED) is 0.107. The Morgan fingerprint density at radius 2 is 1.52 bits per heavy atom. The van der Waals surface area contributed by atoms with E-state index >= 15 is 0 Å². The fourth-order valence-corrected chi connectivity index (χ4v) is 8.83. The number of amides is 4. The minimum absolute atomic E-state index is 0.00102. The van der Waals surface area contributed by atoms with E-state index in [0.29, 0.717) is 63.7 Å². The summed E-state index contributed by atoms with van der Waals surface area (Å²) < 4.78 is 24.5. The van der Waals surface area contributed by atoms with Crippen LogP contribution >= 0.6 is 7.37 Å². The van der Waals surface area contributed by atoms with Crippen molar-refractivity contribution in [2.75, 3.05) is 32.9 Å². The van der Waals surface area contributed by atoms with Gasteiger partial charge in [-0.25, -0.2) is 9.59 Å². The van der Waals surface area contributed by atoms with E-state index in [1.165, 1.54) is 16.9 Å². The van der Waals surface area contributed by atoms with Crippen molar-refractivity contribution in [1.82, 2.24) is 20.4 Å².